The molecule has 14 heteroatoms. The number of amides is 1. The van der Waals surface area contributed by atoms with Gasteiger partial charge in [-0.1, -0.05) is 0 Å². The van der Waals surface area contributed by atoms with Crippen LogP contribution in [0.15, 0.2) is 41.3 Å². The van der Waals surface area contributed by atoms with Crippen LogP contribution in [0, 0.1) is 5.92 Å². The number of halogens is 6. The lowest BCUT2D eigenvalue weighted by Gasteiger charge is -2.31. The normalized spacial score (nSPS) is 16.0. The lowest BCUT2D eigenvalue weighted by molar-refractivity contribution is -0.143. The van der Waals surface area contributed by atoms with Crippen LogP contribution in [0.5, 0.6) is 11.5 Å². The van der Waals surface area contributed by atoms with E-state index in [-0.39, 0.29) is 48.4 Å². The number of carbonyl (C=O) groups is 1. The summed E-state index contributed by atoms with van der Waals surface area (Å²) in [4.78, 5) is 12.5. The van der Waals surface area contributed by atoms with Crippen LogP contribution in [0.3, 0.4) is 0 Å². The van der Waals surface area contributed by atoms with Gasteiger partial charge < -0.3 is 14.8 Å². The van der Waals surface area contributed by atoms with Crippen molar-refractivity contribution in [3.05, 3.63) is 47.5 Å². The Balaban J connectivity index is 1.75. The molecule has 1 fully saturated rings. The number of carbonyl (C=O) groups excluding carboxylic acids is 1. The maximum atomic E-state index is 13.1. The van der Waals surface area contributed by atoms with Gasteiger partial charge >= 0.3 is 12.4 Å². The highest BCUT2D eigenvalue weighted by atomic mass is 32.2. The van der Waals surface area contributed by atoms with Crippen molar-refractivity contribution in [3.63, 3.8) is 0 Å². The number of anilines is 1. The Bertz CT molecular complexity index is 1190. The first-order chi connectivity index (χ1) is 16.7. The summed E-state index contributed by atoms with van der Waals surface area (Å²) >= 11 is 0. The molecule has 0 radical (unpaired) electrons. The maximum absolute atomic E-state index is 13.1. The Hall–Kier alpha value is -3.00. The molecule has 0 spiro atoms. The van der Waals surface area contributed by atoms with Gasteiger partial charge in [-0.15, -0.1) is 0 Å². The first-order valence-corrected chi connectivity index (χ1v) is 11.9. The van der Waals surface area contributed by atoms with E-state index in [0.717, 1.165) is 4.31 Å². The van der Waals surface area contributed by atoms with Crippen LogP contribution in [0.2, 0.25) is 0 Å². The molecular formula is C22H22F6N2O5S. The minimum absolute atomic E-state index is 0.00242. The molecule has 0 saturated carbocycles. The van der Waals surface area contributed by atoms with Crippen molar-refractivity contribution in [2.24, 2.45) is 5.92 Å². The predicted molar refractivity (Wildman–Crippen MR) is 116 cm³/mol. The number of rotatable bonds is 6. The molecule has 0 unspecified atom stereocenters. The molecule has 0 aliphatic carbocycles. The molecule has 7 nitrogen and oxygen atoms in total. The van der Waals surface area contributed by atoms with Crippen LogP contribution < -0.4 is 14.8 Å². The zero-order valence-corrected chi connectivity index (χ0v) is 19.9. The SMILES string of the molecule is COc1ccc(OC)c(S(=O)(=O)N2CCC(C(=O)Nc3cc(C(F)(F)F)cc(C(F)(F)F)c3)CC2)c1. The third-order valence-corrected chi connectivity index (χ3v) is 7.59. The van der Waals surface area contributed by atoms with Crippen molar-refractivity contribution >= 4 is 21.6 Å². The summed E-state index contributed by atoms with van der Waals surface area (Å²) in [5.74, 6) is -1.27. The fourth-order valence-corrected chi connectivity index (χ4v) is 5.39. The number of piperidine rings is 1. The first kappa shape index (κ1) is 27.6. The second kappa shape index (κ2) is 10.2. The van der Waals surface area contributed by atoms with Crippen molar-refractivity contribution in [2.75, 3.05) is 32.6 Å². The van der Waals surface area contributed by atoms with Crippen LogP contribution in [0.25, 0.3) is 0 Å². The Kier molecular flexibility index (Phi) is 7.79. The topological polar surface area (TPSA) is 84.9 Å². The zero-order chi connectivity index (χ0) is 26.9. The summed E-state index contributed by atoms with van der Waals surface area (Å²) in [5, 5.41) is 2.11. The third-order valence-electron chi connectivity index (χ3n) is 5.67. The van der Waals surface area contributed by atoms with Crippen LogP contribution in [-0.4, -0.2) is 45.9 Å². The monoisotopic (exact) mass is 540 g/mol. The minimum atomic E-state index is -5.05. The summed E-state index contributed by atoms with van der Waals surface area (Å²) in [6, 6.07) is 5.04. The molecule has 1 amide bonds. The number of nitrogens with zero attached hydrogens (tertiary/aromatic N) is 1. The molecule has 1 N–H and O–H groups in total. The van der Waals surface area contributed by atoms with Gasteiger partial charge in [0.2, 0.25) is 15.9 Å². The van der Waals surface area contributed by atoms with E-state index in [0.29, 0.717) is 12.1 Å². The van der Waals surface area contributed by atoms with E-state index in [4.69, 9.17) is 9.47 Å². The van der Waals surface area contributed by atoms with Crippen LogP contribution in [0.4, 0.5) is 32.0 Å². The average Bonchev–Trinajstić information content (AvgIpc) is 2.82. The molecule has 3 rings (SSSR count). The molecule has 1 aliphatic rings. The summed E-state index contributed by atoms with van der Waals surface area (Å²) in [6.45, 7) is -0.200. The van der Waals surface area contributed by atoms with Gasteiger partial charge in [-0.05, 0) is 43.2 Å². The van der Waals surface area contributed by atoms with E-state index in [1.807, 2.05) is 0 Å². The molecule has 1 aliphatic heterocycles. The van der Waals surface area contributed by atoms with Crippen molar-refractivity contribution in [1.29, 1.82) is 0 Å². The van der Waals surface area contributed by atoms with E-state index in [1.54, 1.807) is 0 Å². The smallest absolute Gasteiger partial charge is 0.416 e. The molecule has 2 aromatic rings. The highest BCUT2D eigenvalue weighted by Crippen LogP contribution is 2.38. The molecule has 36 heavy (non-hydrogen) atoms. The van der Waals surface area contributed by atoms with Crippen molar-refractivity contribution in [3.8, 4) is 11.5 Å². The highest BCUT2D eigenvalue weighted by Gasteiger charge is 2.38. The molecular weight excluding hydrogens is 518 g/mol. The van der Waals surface area contributed by atoms with E-state index >= 15 is 0 Å². The number of hydrogen-bond acceptors (Lipinski definition) is 5. The molecule has 1 heterocycles. The summed E-state index contributed by atoms with van der Waals surface area (Å²) in [5.41, 5.74) is -3.76. The van der Waals surface area contributed by atoms with E-state index in [2.05, 4.69) is 5.32 Å². The first-order valence-electron chi connectivity index (χ1n) is 10.5. The fraction of sp³-hybridized carbons (Fsp3) is 0.409. The molecule has 0 atom stereocenters. The van der Waals surface area contributed by atoms with Crippen molar-refractivity contribution in [2.45, 2.75) is 30.1 Å². The Morgan fingerprint density at radius 1 is 0.917 bits per heavy atom. The number of sulfonamides is 1. The fourth-order valence-electron chi connectivity index (χ4n) is 3.75. The number of alkyl halides is 6. The molecule has 0 aromatic heterocycles. The third kappa shape index (κ3) is 6.03. The quantitative estimate of drug-likeness (QED) is 0.534. The lowest BCUT2D eigenvalue weighted by atomic mass is 9.97. The van der Waals surface area contributed by atoms with Crippen LogP contribution >= 0.6 is 0 Å². The number of hydrogen-bond donors (Lipinski definition) is 1. The second-order valence-corrected chi connectivity index (χ2v) is 9.89. The Morgan fingerprint density at radius 3 is 1.94 bits per heavy atom. The zero-order valence-electron chi connectivity index (χ0n) is 19.0. The largest absolute Gasteiger partial charge is 0.497 e. The summed E-state index contributed by atoms with van der Waals surface area (Å²) in [6.07, 6.45) is -10.1. The van der Waals surface area contributed by atoms with Gasteiger partial charge in [0.1, 0.15) is 16.4 Å². The van der Waals surface area contributed by atoms with Crippen LogP contribution in [0.1, 0.15) is 24.0 Å². The van der Waals surface area contributed by atoms with Gasteiger partial charge in [0.25, 0.3) is 0 Å². The van der Waals surface area contributed by atoms with Gasteiger partial charge in [-0.25, -0.2) is 8.42 Å². The van der Waals surface area contributed by atoms with E-state index in [1.165, 1.54) is 32.4 Å². The standard InChI is InChI=1S/C22H22F6N2O5S/c1-34-17-3-4-18(35-2)19(12-17)36(32,33)30-7-5-13(6-8-30)20(31)29-16-10-14(21(23,24)25)9-15(11-16)22(26,27)28/h3-4,9-13H,5-8H2,1-2H3,(H,29,31). The number of benzene rings is 2. The van der Waals surface area contributed by atoms with Gasteiger partial charge in [0.05, 0.1) is 25.3 Å². The maximum Gasteiger partial charge on any atom is 0.416 e. The molecule has 2 aromatic carbocycles. The Morgan fingerprint density at radius 2 is 1.47 bits per heavy atom. The predicted octanol–water partition coefficient (Wildman–Crippen LogP) is 4.78. The van der Waals surface area contributed by atoms with Crippen LogP contribution in [-0.2, 0) is 27.2 Å². The highest BCUT2D eigenvalue weighted by molar-refractivity contribution is 7.89. The molecule has 1 saturated heterocycles. The summed E-state index contributed by atoms with van der Waals surface area (Å²) in [7, 11) is -1.38. The Labute approximate surface area is 203 Å². The number of methoxy groups -OCH3 is 2. The van der Waals surface area contributed by atoms with Crippen molar-refractivity contribution in [1.82, 2.24) is 4.31 Å². The lowest BCUT2D eigenvalue weighted by Crippen LogP contribution is -2.41. The second-order valence-electron chi connectivity index (χ2n) is 7.98. The van der Waals surface area contributed by atoms with Gasteiger partial charge in [-0.3, -0.25) is 4.79 Å². The van der Waals surface area contributed by atoms with Gasteiger partial charge in [0.15, 0.2) is 0 Å². The molecule has 0 bridgehead atoms. The van der Waals surface area contributed by atoms with E-state index < -0.39 is 51.0 Å². The van der Waals surface area contributed by atoms with E-state index in [9.17, 15) is 39.6 Å². The average molecular weight is 540 g/mol. The van der Waals surface area contributed by atoms with Gasteiger partial charge in [-0.2, -0.15) is 30.6 Å². The minimum Gasteiger partial charge on any atom is -0.497 e. The summed E-state index contributed by atoms with van der Waals surface area (Å²) < 4.78 is 116. The molecule has 198 valence electrons. The number of ether oxygens (including phenoxy) is 2. The number of nitrogens with one attached hydrogen (secondary N) is 1. The van der Waals surface area contributed by atoms with Gasteiger partial charge in [0, 0.05) is 30.8 Å². The van der Waals surface area contributed by atoms with Crippen molar-refractivity contribution < 1.29 is 49.0 Å².